The molecule has 0 aliphatic carbocycles. The number of carboxylic acids is 1. The fraction of sp³-hybridized carbons (Fsp3) is 0.286. The molecule has 0 saturated heterocycles. The van der Waals surface area contributed by atoms with Crippen LogP contribution in [0.25, 0.3) is 0 Å². The van der Waals surface area contributed by atoms with E-state index in [1.165, 1.54) is 31.4 Å². The Labute approximate surface area is 201 Å². The van der Waals surface area contributed by atoms with Crippen molar-refractivity contribution in [1.29, 1.82) is 0 Å². The molecule has 1 aromatic carbocycles. The van der Waals surface area contributed by atoms with Gasteiger partial charge in [0.15, 0.2) is 5.75 Å². The fourth-order valence-corrected chi connectivity index (χ4v) is 3.73. The molecule has 3 amide bonds. The summed E-state index contributed by atoms with van der Waals surface area (Å²) in [5.41, 5.74) is 0.0768. The maximum atomic E-state index is 12.6. The third-order valence-corrected chi connectivity index (χ3v) is 5.91. The SMILES string of the molecule is CCN(CC)C(=O)c1ccc(S(=O)(=O)NC(=O)c2cnc(OC(=O)NCC(=O)O)c(OC)c2)cc1. The van der Waals surface area contributed by atoms with Gasteiger partial charge in [-0.2, -0.15) is 0 Å². The van der Waals surface area contributed by atoms with Gasteiger partial charge in [-0.05, 0) is 38.1 Å². The monoisotopic (exact) mass is 508 g/mol. The van der Waals surface area contributed by atoms with E-state index in [1.54, 1.807) is 4.90 Å². The number of amides is 3. The van der Waals surface area contributed by atoms with Crippen LogP contribution >= 0.6 is 0 Å². The Hall–Kier alpha value is -4.20. The molecule has 0 atom stereocenters. The van der Waals surface area contributed by atoms with Gasteiger partial charge in [-0.15, -0.1) is 0 Å². The van der Waals surface area contributed by atoms with E-state index in [0.717, 1.165) is 12.3 Å². The van der Waals surface area contributed by atoms with E-state index in [4.69, 9.17) is 14.6 Å². The summed E-state index contributed by atoms with van der Waals surface area (Å²) in [6.45, 7) is 3.96. The van der Waals surface area contributed by atoms with E-state index in [-0.39, 0.29) is 28.0 Å². The van der Waals surface area contributed by atoms with E-state index in [2.05, 4.69) is 4.98 Å². The smallest absolute Gasteiger partial charge is 0.414 e. The second-order valence-electron chi connectivity index (χ2n) is 6.80. The highest BCUT2D eigenvalue weighted by atomic mass is 32.2. The highest BCUT2D eigenvalue weighted by Crippen LogP contribution is 2.25. The molecular weight excluding hydrogens is 484 g/mol. The largest absolute Gasteiger partial charge is 0.491 e. The van der Waals surface area contributed by atoms with Gasteiger partial charge >= 0.3 is 12.1 Å². The van der Waals surface area contributed by atoms with Crippen molar-refractivity contribution < 1.29 is 42.2 Å². The highest BCUT2D eigenvalue weighted by molar-refractivity contribution is 7.90. The summed E-state index contributed by atoms with van der Waals surface area (Å²) in [4.78, 5) is 52.1. The first-order valence-electron chi connectivity index (χ1n) is 10.2. The van der Waals surface area contributed by atoms with E-state index in [0.29, 0.717) is 18.7 Å². The number of benzene rings is 1. The van der Waals surface area contributed by atoms with Crippen LogP contribution in [0.5, 0.6) is 11.6 Å². The quantitative estimate of drug-likeness (QED) is 0.416. The van der Waals surface area contributed by atoms with E-state index in [9.17, 15) is 27.6 Å². The minimum atomic E-state index is -4.29. The minimum absolute atomic E-state index is 0.181. The molecule has 0 aliphatic rings. The summed E-state index contributed by atoms with van der Waals surface area (Å²) >= 11 is 0. The molecule has 0 saturated carbocycles. The summed E-state index contributed by atoms with van der Waals surface area (Å²) < 4.78 is 37.0. The van der Waals surface area contributed by atoms with Crippen molar-refractivity contribution in [2.45, 2.75) is 18.7 Å². The number of nitrogens with zero attached hydrogens (tertiary/aromatic N) is 2. The number of methoxy groups -OCH3 is 1. The zero-order valence-electron chi connectivity index (χ0n) is 19.1. The Bertz CT molecular complexity index is 1210. The third kappa shape index (κ3) is 7.14. The summed E-state index contributed by atoms with van der Waals surface area (Å²) in [6.07, 6.45) is -0.181. The number of hydrogen-bond acceptors (Lipinski definition) is 9. The fourth-order valence-electron chi connectivity index (χ4n) is 2.76. The number of aliphatic carboxylic acids is 1. The van der Waals surface area contributed by atoms with Crippen LogP contribution in [0.3, 0.4) is 0 Å². The van der Waals surface area contributed by atoms with Crippen molar-refractivity contribution in [1.82, 2.24) is 19.9 Å². The Balaban J connectivity index is 2.15. The molecule has 2 aromatic rings. The van der Waals surface area contributed by atoms with Crippen LogP contribution in [0.15, 0.2) is 41.4 Å². The molecule has 0 bridgehead atoms. The predicted molar refractivity (Wildman–Crippen MR) is 121 cm³/mol. The summed E-state index contributed by atoms with van der Waals surface area (Å²) in [6, 6.07) is 6.21. The number of carbonyl (C=O) groups excluding carboxylic acids is 3. The molecule has 2 rings (SSSR count). The van der Waals surface area contributed by atoms with E-state index < -0.39 is 34.5 Å². The number of carbonyl (C=O) groups is 4. The Kier molecular flexibility index (Phi) is 9.11. The maximum absolute atomic E-state index is 12.6. The van der Waals surface area contributed by atoms with Crippen LogP contribution in [0.4, 0.5) is 4.79 Å². The molecule has 0 aliphatic heterocycles. The average Bonchev–Trinajstić information content (AvgIpc) is 2.83. The van der Waals surface area contributed by atoms with Crippen LogP contribution in [-0.2, 0) is 14.8 Å². The van der Waals surface area contributed by atoms with E-state index in [1.807, 2.05) is 23.9 Å². The van der Waals surface area contributed by atoms with Gasteiger partial charge < -0.3 is 24.8 Å². The number of carboxylic acid groups (broad SMARTS) is 1. The van der Waals surface area contributed by atoms with Gasteiger partial charge in [0, 0.05) is 30.9 Å². The number of pyridine rings is 1. The molecule has 188 valence electrons. The molecule has 35 heavy (non-hydrogen) atoms. The van der Waals surface area contributed by atoms with Crippen LogP contribution in [0.2, 0.25) is 0 Å². The second kappa shape index (κ2) is 11.8. The van der Waals surface area contributed by atoms with Gasteiger partial charge in [0.05, 0.1) is 17.6 Å². The van der Waals surface area contributed by atoms with Gasteiger partial charge in [-0.1, -0.05) is 0 Å². The Morgan fingerprint density at radius 3 is 2.23 bits per heavy atom. The zero-order chi connectivity index (χ0) is 26.2. The number of nitrogens with one attached hydrogen (secondary N) is 2. The van der Waals surface area contributed by atoms with Crippen molar-refractivity contribution in [2.24, 2.45) is 0 Å². The van der Waals surface area contributed by atoms with Gasteiger partial charge in [0.2, 0.25) is 0 Å². The molecule has 3 N–H and O–H groups in total. The standard InChI is InChI=1S/C21H24N4O9S/c1-4-25(5-2)20(29)13-6-8-15(9-7-13)35(31,32)24-18(28)14-10-16(33-3)19(22-11-14)34-21(30)23-12-17(26)27/h6-11H,4-5,12H2,1-3H3,(H,23,30)(H,24,28)(H,26,27). The van der Waals surface area contributed by atoms with Gasteiger partial charge in [0.25, 0.3) is 27.7 Å². The third-order valence-electron chi connectivity index (χ3n) is 4.56. The number of ether oxygens (including phenoxy) is 2. The topological polar surface area (TPSA) is 181 Å². The summed E-state index contributed by atoms with van der Waals surface area (Å²) in [5.74, 6) is -3.13. The molecule has 0 radical (unpaired) electrons. The first kappa shape index (κ1) is 27.0. The van der Waals surface area contributed by atoms with Crippen molar-refractivity contribution >= 4 is 33.9 Å². The lowest BCUT2D eigenvalue weighted by atomic mass is 10.2. The number of rotatable bonds is 10. The number of aromatic nitrogens is 1. The van der Waals surface area contributed by atoms with E-state index >= 15 is 0 Å². The molecule has 1 aromatic heterocycles. The molecule has 0 spiro atoms. The molecule has 0 unspecified atom stereocenters. The van der Waals surface area contributed by atoms with Gasteiger partial charge in [-0.25, -0.2) is 22.9 Å². The van der Waals surface area contributed by atoms with Crippen LogP contribution in [0, 0.1) is 0 Å². The lowest BCUT2D eigenvalue weighted by Gasteiger charge is -2.18. The van der Waals surface area contributed by atoms with Gasteiger partial charge in [0.1, 0.15) is 6.54 Å². The van der Waals surface area contributed by atoms with Crippen LogP contribution in [0.1, 0.15) is 34.6 Å². The number of hydrogen-bond donors (Lipinski definition) is 3. The highest BCUT2D eigenvalue weighted by Gasteiger charge is 2.22. The second-order valence-corrected chi connectivity index (χ2v) is 8.49. The first-order valence-corrected chi connectivity index (χ1v) is 11.7. The zero-order valence-corrected chi connectivity index (χ0v) is 19.9. The van der Waals surface area contributed by atoms with Crippen LogP contribution < -0.4 is 19.5 Å². The van der Waals surface area contributed by atoms with Crippen molar-refractivity contribution in [3.05, 3.63) is 47.7 Å². The normalized spacial score (nSPS) is 10.7. The molecule has 13 nitrogen and oxygen atoms in total. The van der Waals surface area contributed by atoms with Crippen molar-refractivity contribution in [3.8, 4) is 11.6 Å². The minimum Gasteiger partial charge on any atom is -0.491 e. The summed E-state index contributed by atoms with van der Waals surface area (Å²) in [5, 5.41) is 10.5. The lowest BCUT2D eigenvalue weighted by Crippen LogP contribution is -2.32. The average molecular weight is 509 g/mol. The molecule has 14 heteroatoms. The Morgan fingerprint density at radius 1 is 1.06 bits per heavy atom. The molecule has 0 fully saturated rings. The van der Waals surface area contributed by atoms with Gasteiger partial charge in [-0.3, -0.25) is 14.4 Å². The lowest BCUT2D eigenvalue weighted by molar-refractivity contribution is -0.135. The first-order chi connectivity index (χ1) is 16.5. The number of sulfonamides is 1. The molecular formula is C21H24N4O9S. The molecule has 1 heterocycles. The van der Waals surface area contributed by atoms with Crippen LogP contribution in [-0.4, -0.2) is 74.0 Å². The predicted octanol–water partition coefficient (Wildman–Crippen LogP) is 0.864. The van der Waals surface area contributed by atoms with Crippen molar-refractivity contribution in [2.75, 3.05) is 26.7 Å². The summed E-state index contributed by atoms with van der Waals surface area (Å²) in [7, 11) is -3.10. The maximum Gasteiger partial charge on any atom is 0.414 e. The van der Waals surface area contributed by atoms with Crippen molar-refractivity contribution in [3.63, 3.8) is 0 Å². The Morgan fingerprint density at radius 2 is 1.69 bits per heavy atom.